The van der Waals surface area contributed by atoms with Crippen molar-refractivity contribution in [3.8, 4) is 0 Å². The molecule has 1 saturated heterocycles. The third-order valence-electron chi connectivity index (χ3n) is 4.26. The van der Waals surface area contributed by atoms with Crippen molar-refractivity contribution >= 4 is 33.7 Å². The van der Waals surface area contributed by atoms with E-state index in [1.54, 1.807) is 36.4 Å². The second-order valence-electron chi connectivity index (χ2n) is 7.75. The van der Waals surface area contributed by atoms with Gasteiger partial charge in [0.05, 0.1) is 13.1 Å². The number of piperazine rings is 1. The van der Waals surface area contributed by atoms with Crippen LogP contribution in [0.5, 0.6) is 0 Å². The number of carbonyl (C=O) groups is 2. The number of hydrogen-bond acceptors (Lipinski definition) is 6. The molecule has 0 aliphatic carbocycles. The predicted molar refractivity (Wildman–Crippen MR) is 112 cm³/mol. The first-order chi connectivity index (χ1) is 13.6. The lowest BCUT2D eigenvalue weighted by molar-refractivity contribution is -0.130. The maximum atomic E-state index is 13.0. The molecule has 0 N–H and O–H groups in total. The van der Waals surface area contributed by atoms with E-state index < -0.39 is 17.6 Å². The van der Waals surface area contributed by atoms with Crippen LogP contribution in [0.2, 0.25) is 0 Å². The van der Waals surface area contributed by atoms with Gasteiger partial charge in [0.25, 0.3) is 11.5 Å². The number of hydrogen-bond donors (Lipinski definition) is 0. The van der Waals surface area contributed by atoms with Crippen LogP contribution < -0.4 is 10.5 Å². The van der Waals surface area contributed by atoms with Gasteiger partial charge in [0.1, 0.15) is 10.2 Å². The quantitative estimate of drug-likeness (QED) is 0.696. The van der Waals surface area contributed by atoms with Crippen molar-refractivity contribution in [1.82, 2.24) is 14.5 Å². The Labute approximate surface area is 177 Å². The molecule has 0 atom stereocenters. The van der Waals surface area contributed by atoms with Crippen molar-refractivity contribution in [2.24, 2.45) is 0 Å². The minimum atomic E-state index is -0.689. The number of anilines is 1. The van der Waals surface area contributed by atoms with E-state index in [-0.39, 0.29) is 24.5 Å². The summed E-state index contributed by atoms with van der Waals surface area (Å²) in [5, 5.41) is 0. The second-order valence-corrected chi connectivity index (χ2v) is 8.57. The van der Waals surface area contributed by atoms with Crippen LogP contribution in [0.4, 0.5) is 10.6 Å². The molecule has 2 aromatic rings. The van der Waals surface area contributed by atoms with Crippen molar-refractivity contribution in [2.45, 2.75) is 32.9 Å². The van der Waals surface area contributed by atoms with Crippen LogP contribution in [-0.2, 0) is 16.1 Å². The highest BCUT2D eigenvalue weighted by Gasteiger charge is 2.33. The third-order valence-corrected chi connectivity index (χ3v) is 4.64. The summed E-state index contributed by atoms with van der Waals surface area (Å²) in [7, 11) is 0. The molecule has 1 fully saturated rings. The van der Waals surface area contributed by atoms with Gasteiger partial charge in [-0.05, 0) is 42.3 Å². The molecule has 2 heterocycles. The first kappa shape index (κ1) is 21.0. The van der Waals surface area contributed by atoms with Gasteiger partial charge in [-0.2, -0.15) is 0 Å². The number of rotatable bonds is 3. The van der Waals surface area contributed by atoms with Crippen LogP contribution in [0, 0.1) is 0 Å². The normalized spacial score (nSPS) is 14.8. The molecule has 0 unspecified atom stereocenters. The predicted octanol–water partition coefficient (Wildman–Crippen LogP) is 2.64. The molecule has 1 aromatic carbocycles. The molecule has 1 aliphatic rings. The van der Waals surface area contributed by atoms with Crippen LogP contribution in [0.15, 0.2) is 45.9 Å². The zero-order chi connectivity index (χ0) is 21.2. The van der Waals surface area contributed by atoms with Gasteiger partial charge in [0.15, 0.2) is 5.82 Å². The summed E-state index contributed by atoms with van der Waals surface area (Å²) in [5.74, 6) is -0.256. The van der Waals surface area contributed by atoms with Gasteiger partial charge in [-0.1, -0.05) is 30.3 Å². The van der Waals surface area contributed by atoms with Gasteiger partial charge in [-0.25, -0.2) is 14.7 Å². The van der Waals surface area contributed by atoms with Crippen LogP contribution in [-0.4, -0.2) is 51.7 Å². The maximum absolute atomic E-state index is 13.0. The molecule has 0 saturated carbocycles. The first-order valence-corrected chi connectivity index (χ1v) is 10.0. The van der Waals surface area contributed by atoms with E-state index in [0.717, 1.165) is 10.5 Å². The van der Waals surface area contributed by atoms with E-state index in [1.807, 2.05) is 30.3 Å². The molecule has 0 spiro atoms. The number of carbonyl (C=O) groups excluding carboxylic acids is 2. The summed E-state index contributed by atoms with van der Waals surface area (Å²) < 4.78 is 7.31. The summed E-state index contributed by atoms with van der Waals surface area (Å²) in [6.07, 6.45) is 0.947. The zero-order valence-corrected chi connectivity index (χ0v) is 18.2. The van der Waals surface area contributed by atoms with E-state index in [4.69, 9.17) is 4.74 Å². The summed E-state index contributed by atoms with van der Waals surface area (Å²) in [6, 6.07) is 9.60. The van der Waals surface area contributed by atoms with Crippen molar-refractivity contribution in [3.05, 3.63) is 57.0 Å². The summed E-state index contributed by atoms with van der Waals surface area (Å²) >= 11 is 3.34. The van der Waals surface area contributed by atoms with Crippen LogP contribution >= 0.6 is 15.9 Å². The van der Waals surface area contributed by atoms with Gasteiger partial charge in [-0.15, -0.1) is 0 Å². The highest BCUT2D eigenvalue weighted by atomic mass is 79.9. The van der Waals surface area contributed by atoms with Crippen LogP contribution in [0.1, 0.15) is 26.3 Å². The van der Waals surface area contributed by atoms with Gasteiger partial charge in [-0.3, -0.25) is 9.59 Å². The first-order valence-electron chi connectivity index (χ1n) is 9.23. The lowest BCUT2D eigenvalue weighted by atomic mass is 10.2. The SMILES string of the molecule is CC(C)(C)OC(=O)N1CCN(c2nc(Br)cn(Cc3ccccc3)c2=O)CC1=O. The molecular weight excluding hydrogens is 440 g/mol. The number of benzene rings is 1. The van der Waals surface area contributed by atoms with Gasteiger partial charge in [0.2, 0.25) is 0 Å². The van der Waals surface area contributed by atoms with E-state index >= 15 is 0 Å². The van der Waals surface area contributed by atoms with E-state index in [0.29, 0.717) is 17.7 Å². The number of ether oxygens (including phenoxy) is 1. The van der Waals surface area contributed by atoms with Crippen LogP contribution in [0.25, 0.3) is 0 Å². The third kappa shape index (κ3) is 5.23. The lowest BCUT2D eigenvalue weighted by Gasteiger charge is -2.34. The highest BCUT2D eigenvalue weighted by molar-refractivity contribution is 9.10. The smallest absolute Gasteiger partial charge is 0.417 e. The van der Waals surface area contributed by atoms with Crippen LogP contribution in [0.3, 0.4) is 0 Å². The topological polar surface area (TPSA) is 84.7 Å². The number of aromatic nitrogens is 2. The minimum absolute atomic E-state index is 0.122. The molecule has 29 heavy (non-hydrogen) atoms. The molecule has 9 heteroatoms. The molecular formula is C20H23BrN4O4. The average Bonchev–Trinajstić information content (AvgIpc) is 2.63. The largest absolute Gasteiger partial charge is 0.443 e. The van der Waals surface area contributed by atoms with Crippen molar-refractivity contribution in [1.29, 1.82) is 0 Å². The average molecular weight is 463 g/mol. The minimum Gasteiger partial charge on any atom is -0.443 e. The molecule has 0 radical (unpaired) electrons. The molecule has 3 rings (SSSR count). The molecule has 0 bridgehead atoms. The van der Waals surface area contributed by atoms with E-state index in [2.05, 4.69) is 20.9 Å². The van der Waals surface area contributed by atoms with E-state index in [9.17, 15) is 14.4 Å². The maximum Gasteiger partial charge on any atom is 0.417 e. The fraction of sp³-hybridized carbons (Fsp3) is 0.400. The fourth-order valence-corrected chi connectivity index (χ4v) is 3.38. The molecule has 154 valence electrons. The number of amides is 2. The fourth-order valence-electron chi connectivity index (χ4n) is 2.96. The number of imide groups is 1. The van der Waals surface area contributed by atoms with Gasteiger partial charge >= 0.3 is 6.09 Å². The molecule has 1 aliphatic heterocycles. The Morgan fingerprint density at radius 1 is 1.17 bits per heavy atom. The molecule has 1 aromatic heterocycles. The number of halogens is 1. The Kier molecular flexibility index (Phi) is 6.07. The van der Waals surface area contributed by atoms with Crippen molar-refractivity contribution in [3.63, 3.8) is 0 Å². The van der Waals surface area contributed by atoms with E-state index in [1.165, 1.54) is 0 Å². The Morgan fingerprint density at radius 3 is 2.48 bits per heavy atom. The molecule has 8 nitrogen and oxygen atoms in total. The number of nitrogens with zero attached hydrogens (tertiary/aromatic N) is 4. The molecule has 2 amide bonds. The second kappa shape index (κ2) is 8.36. The van der Waals surface area contributed by atoms with Crippen molar-refractivity contribution in [2.75, 3.05) is 24.5 Å². The Morgan fingerprint density at radius 2 is 1.86 bits per heavy atom. The van der Waals surface area contributed by atoms with Gasteiger partial charge in [0, 0.05) is 19.3 Å². The van der Waals surface area contributed by atoms with Crippen molar-refractivity contribution < 1.29 is 14.3 Å². The summed E-state index contributed by atoms with van der Waals surface area (Å²) in [5.41, 5.74) is -0.00838. The summed E-state index contributed by atoms with van der Waals surface area (Å²) in [6.45, 7) is 5.92. The Bertz CT molecular complexity index is 969. The highest BCUT2D eigenvalue weighted by Crippen LogP contribution is 2.17. The summed E-state index contributed by atoms with van der Waals surface area (Å²) in [4.78, 5) is 44.6. The Hall–Kier alpha value is -2.68. The zero-order valence-electron chi connectivity index (χ0n) is 16.6. The lowest BCUT2D eigenvalue weighted by Crippen LogP contribution is -2.55. The van der Waals surface area contributed by atoms with Gasteiger partial charge < -0.3 is 14.2 Å². The monoisotopic (exact) mass is 462 g/mol. The Balaban J connectivity index is 1.79. The standard InChI is InChI=1S/C20H23BrN4O4/c1-20(2,3)29-19(28)25-10-9-23(13-16(25)26)17-18(27)24(12-15(21)22-17)11-14-7-5-4-6-8-14/h4-8,12H,9-11,13H2,1-3H3.